The fourth-order valence-electron chi connectivity index (χ4n) is 5.52. The summed E-state index contributed by atoms with van der Waals surface area (Å²) in [6.07, 6.45) is 7.78. The van der Waals surface area contributed by atoms with E-state index in [1.807, 2.05) is 36.6 Å². The molecule has 1 aromatic rings. The highest BCUT2D eigenvalue weighted by molar-refractivity contribution is 7.98. The maximum Gasteiger partial charge on any atom is 0.325 e. The second-order valence-electron chi connectivity index (χ2n) is 11.7. The van der Waals surface area contributed by atoms with E-state index < -0.39 is 42.0 Å². The first-order valence-corrected chi connectivity index (χ1v) is 16.8. The standard InChI is InChI=1S/C31H49N5O6S/c1-21(2)42-30(39)27(32)24(18-22-10-6-4-7-11-22)33-29(38)26(20-43-3)34-28(37)25(19-23-12-8-5-9-13-23)35-31(40)36-14-16-41-17-15-36/h5,8-9,12-13,21-22,24-27H,4,6-7,10-11,14-20,32H2,1-3H3,(H,33,38)(H,34,37)(H,35,40)/t24-,25-,26-,27-/m0/s1. The molecule has 5 N–H and O–H groups in total. The van der Waals surface area contributed by atoms with Crippen molar-refractivity contribution in [3.63, 3.8) is 0 Å². The molecule has 0 aromatic heterocycles. The molecule has 12 heteroatoms. The summed E-state index contributed by atoms with van der Waals surface area (Å²) in [5.74, 6) is -0.803. The zero-order chi connectivity index (χ0) is 31.2. The molecule has 240 valence electrons. The van der Waals surface area contributed by atoms with Gasteiger partial charge in [-0.1, -0.05) is 62.4 Å². The van der Waals surface area contributed by atoms with Crippen molar-refractivity contribution < 1.29 is 28.7 Å². The predicted molar refractivity (Wildman–Crippen MR) is 167 cm³/mol. The Morgan fingerprint density at radius 1 is 0.977 bits per heavy atom. The highest BCUT2D eigenvalue weighted by Crippen LogP contribution is 2.28. The highest BCUT2D eigenvalue weighted by atomic mass is 32.2. The van der Waals surface area contributed by atoms with Gasteiger partial charge in [0, 0.05) is 25.3 Å². The first kappa shape index (κ1) is 34.7. The van der Waals surface area contributed by atoms with E-state index in [-0.39, 0.29) is 18.6 Å². The van der Waals surface area contributed by atoms with Gasteiger partial charge in [0.05, 0.1) is 25.4 Å². The lowest BCUT2D eigenvalue weighted by Gasteiger charge is -2.32. The van der Waals surface area contributed by atoms with Crippen LogP contribution in [0.15, 0.2) is 30.3 Å². The molecule has 11 nitrogen and oxygen atoms in total. The minimum atomic E-state index is -1.03. The normalized spacial score (nSPS) is 18.7. The van der Waals surface area contributed by atoms with Crippen LogP contribution in [0.25, 0.3) is 0 Å². The van der Waals surface area contributed by atoms with Crippen LogP contribution in [-0.4, -0.2) is 97.3 Å². The summed E-state index contributed by atoms with van der Waals surface area (Å²) in [7, 11) is 0. The number of nitrogens with zero attached hydrogens (tertiary/aromatic N) is 1. The van der Waals surface area contributed by atoms with Gasteiger partial charge in [0.25, 0.3) is 0 Å². The Bertz CT molecular complexity index is 1030. The average Bonchev–Trinajstić information content (AvgIpc) is 3.00. The molecule has 1 saturated carbocycles. The average molecular weight is 620 g/mol. The van der Waals surface area contributed by atoms with E-state index in [1.165, 1.54) is 18.2 Å². The van der Waals surface area contributed by atoms with Gasteiger partial charge in [-0.15, -0.1) is 0 Å². The molecular weight excluding hydrogens is 570 g/mol. The molecule has 43 heavy (non-hydrogen) atoms. The Hall–Kier alpha value is -2.83. The molecule has 4 atom stereocenters. The number of amides is 4. The van der Waals surface area contributed by atoms with E-state index in [2.05, 4.69) is 16.0 Å². The van der Waals surface area contributed by atoms with E-state index >= 15 is 0 Å². The number of hydrogen-bond acceptors (Lipinski definition) is 8. The number of benzene rings is 1. The summed E-state index contributed by atoms with van der Waals surface area (Å²) in [5, 5.41) is 8.72. The minimum absolute atomic E-state index is 0.257. The SMILES string of the molecule is CSC[C@H](NC(=O)[C@H](Cc1ccccc1)NC(=O)N1CCOCC1)C(=O)N[C@@H](CC1CCCCC1)[C@H](N)C(=O)OC(C)C. The van der Waals surface area contributed by atoms with Gasteiger partial charge < -0.3 is 36.1 Å². The number of esters is 1. The van der Waals surface area contributed by atoms with E-state index in [0.29, 0.717) is 44.4 Å². The first-order chi connectivity index (χ1) is 20.7. The lowest BCUT2D eigenvalue weighted by Crippen LogP contribution is -2.60. The van der Waals surface area contributed by atoms with Crippen molar-refractivity contribution in [1.82, 2.24) is 20.9 Å². The van der Waals surface area contributed by atoms with Gasteiger partial charge in [-0.2, -0.15) is 11.8 Å². The molecule has 2 fully saturated rings. The number of morpholine rings is 1. The number of nitrogens with one attached hydrogen (secondary N) is 3. The summed E-state index contributed by atoms with van der Waals surface area (Å²) in [4.78, 5) is 54.7. The quantitative estimate of drug-likeness (QED) is 0.232. The molecule has 1 aromatic carbocycles. The Morgan fingerprint density at radius 3 is 2.26 bits per heavy atom. The van der Waals surface area contributed by atoms with Crippen molar-refractivity contribution >= 4 is 35.6 Å². The molecule has 2 aliphatic rings. The molecular formula is C31H49N5O6S. The van der Waals surface area contributed by atoms with Crippen molar-refractivity contribution in [3.8, 4) is 0 Å². The number of rotatable bonds is 14. The fourth-order valence-corrected chi connectivity index (χ4v) is 6.09. The van der Waals surface area contributed by atoms with Crippen LogP contribution in [0.5, 0.6) is 0 Å². The van der Waals surface area contributed by atoms with E-state index in [0.717, 1.165) is 31.2 Å². The molecule has 1 aliphatic heterocycles. The van der Waals surface area contributed by atoms with Gasteiger partial charge in [-0.3, -0.25) is 14.4 Å². The molecule has 0 spiro atoms. The number of carbonyl (C=O) groups excluding carboxylic acids is 4. The van der Waals surface area contributed by atoms with Crippen LogP contribution in [0.1, 0.15) is 57.9 Å². The number of hydrogen-bond donors (Lipinski definition) is 4. The summed E-state index contributed by atoms with van der Waals surface area (Å²) in [6, 6.07) is 5.58. The minimum Gasteiger partial charge on any atom is -0.462 e. The molecule has 4 amide bonds. The lowest BCUT2D eigenvalue weighted by atomic mass is 9.83. The maximum atomic E-state index is 13.7. The monoisotopic (exact) mass is 619 g/mol. The van der Waals surface area contributed by atoms with Gasteiger partial charge in [0.1, 0.15) is 18.1 Å². The molecule has 0 unspecified atom stereocenters. The Morgan fingerprint density at radius 2 is 1.63 bits per heavy atom. The van der Waals surface area contributed by atoms with Gasteiger partial charge in [0.2, 0.25) is 11.8 Å². The van der Waals surface area contributed by atoms with Crippen LogP contribution >= 0.6 is 11.8 Å². The summed E-state index contributed by atoms with van der Waals surface area (Å²) >= 11 is 1.41. The number of nitrogens with two attached hydrogens (primary N) is 1. The summed E-state index contributed by atoms with van der Waals surface area (Å²) in [6.45, 7) is 5.26. The molecule has 0 bridgehead atoms. The van der Waals surface area contributed by atoms with Crippen molar-refractivity contribution in [2.24, 2.45) is 11.7 Å². The molecule has 1 saturated heterocycles. The van der Waals surface area contributed by atoms with Crippen molar-refractivity contribution in [2.75, 3.05) is 38.3 Å². The van der Waals surface area contributed by atoms with Gasteiger partial charge in [-0.25, -0.2) is 4.79 Å². The second kappa shape index (κ2) is 18.1. The van der Waals surface area contributed by atoms with Crippen LogP contribution in [0.2, 0.25) is 0 Å². The van der Waals surface area contributed by atoms with Crippen LogP contribution in [0.3, 0.4) is 0 Å². The Kier molecular flexibility index (Phi) is 14.6. The van der Waals surface area contributed by atoms with Gasteiger partial charge in [0.15, 0.2) is 0 Å². The first-order valence-electron chi connectivity index (χ1n) is 15.4. The third-order valence-corrected chi connectivity index (χ3v) is 8.53. The smallest absolute Gasteiger partial charge is 0.325 e. The van der Waals surface area contributed by atoms with Crippen LogP contribution in [-0.2, 0) is 30.3 Å². The van der Waals surface area contributed by atoms with Gasteiger partial charge in [-0.05, 0) is 38.0 Å². The molecule has 1 heterocycles. The maximum absolute atomic E-state index is 13.7. The summed E-state index contributed by atoms with van der Waals surface area (Å²) in [5.41, 5.74) is 7.24. The number of carbonyl (C=O) groups is 4. The highest BCUT2D eigenvalue weighted by Gasteiger charge is 2.34. The number of thioether (sulfide) groups is 1. The van der Waals surface area contributed by atoms with E-state index in [9.17, 15) is 19.2 Å². The largest absolute Gasteiger partial charge is 0.462 e. The fraction of sp³-hybridized carbons (Fsp3) is 0.677. The van der Waals surface area contributed by atoms with Crippen molar-refractivity contribution in [3.05, 3.63) is 35.9 Å². The third kappa shape index (κ3) is 11.6. The second-order valence-corrected chi connectivity index (χ2v) is 12.6. The predicted octanol–water partition coefficient (Wildman–Crippen LogP) is 2.22. The molecule has 1 aliphatic carbocycles. The zero-order valence-corrected chi connectivity index (χ0v) is 26.5. The van der Waals surface area contributed by atoms with Gasteiger partial charge >= 0.3 is 12.0 Å². The third-order valence-electron chi connectivity index (χ3n) is 7.86. The van der Waals surface area contributed by atoms with E-state index in [4.69, 9.17) is 15.2 Å². The molecule has 3 rings (SSSR count). The molecule has 0 radical (unpaired) electrons. The lowest BCUT2D eigenvalue weighted by molar-refractivity contribution is -0.150. The van der Waals surface area contributed by atoms with Crippen LogP contribution < -0.4 is 21.7 Å². The Balaban J connectivity index is 1.74. The summed E-state index contributed by atoms with van der Waals surface area (Å²) < 4.78 is 10.7. The van der Waals surface area contributed by atoms with Crippen molar-refractivity contribution in [1.29, 1.82) is 0 Å². The number of urea groups is 1. The Labute approximate surface area is 259 Å². The van der Waals surface area contributed by atoms with Crippen LogP contribution in [0, 0.1) is 5.92 Å². The van der Waals surface area contributed by atoms with Crippen LogP contribution in [0.4, 0.5) is 4.79 Å². The topological polar surface area (TPSA) is 152 Å². The van der Waals surface area contributed by atoms with E-state index in [1.54, 1.807) is 18.7 Å². The zero-order valence-electron chi connectivity index (χ0n) is 25.7. The number of ether oxygens (including phenoxy) is 2. The van der Waals surface area contributed by atoms with Crippen molar-refractivity contribution in [2.45, 2.75) is 89.1 Å².